The summed E-state index contributed by atoms with van der Waals surface area (Å²) < 4.78 is 3.14. The van der Waals surface area contributed by atoms with Gasteiger partial charge in [0, 0.05) is 31.9 Å². The summed E-state index contributed by atoms with van der Waals surface area (Å²) in [5, 5.41) is 10.1. The standard InChI is InChI=1S/C23H24N6OS2/c1-17(22-25-19-9-5-6-10-20(19)32-22)27-11-13-28(14-12-27)21(30)15-31-23-26-24-16-29(23)18-7-3-2-4-8-18/h2-10,16-17H,11-15H2,1H3/t17-/m1/s1. The first-order valence-corrected chi connectivity index (χ1v) is 12.4. The zero-order valence-corrected chi connectivity index (χ0v) is 19.4. The normalized spacial score (nSPS) is 15.8. The lowest BCUT2D eigenvalue weighted by Gasteiger charge is -2.37. The molecular weight excluding hydrogens is 440 g/mol. The van der Waals surface area contributed by atoms with Crippen molar-refractivity contribution < 1.29 is 4.79 Å². The Labute approximate surface area is 195 Å². The van der Waals surface area contributed by atoms with Crippen LogP contribution in [0.1, 0.15) is 18.0 Å². The maximum Gasteiger partial charge on any atom is 0.233 e. The van der Waals surface area contributed by atoms with Gasteiger partial charge in [0.05, 0.1) is 22.0 Å². The van der Waals surface area contributed by atoms with E-state index in [-0.39, 0.29) is 11.9 Å². The molecule has 0 radical (unpaired) electrons. The van der Waals surface area contributed by atoms with Gasteiger partial charge in [0.25, 0.3) is 0 Å². The fraction of sp³-hybridized carbons (Fsp3) is 0.304. The maximum atomic E-state index is 12.8. The Morgan fingerprint density at radius 2 is 1.81 bits per heavy atom. The molecule has 0 bridgehead atoms. The number of hydrogen-bond acceptors (Lipinski definition) is 7. The molecule has 2 aromatic heterocycles. The molecule has 1 amide bonds. The van der Waals surface area contributed by atoms with E-state index in [2.05, 4.69) is 40.2 Å². The Kier molecular flexibility index (Phi) is 6.20. The van der Waals surface area contributed by atoms with Gasteiger partial charge in [-0.3, -0.25) is 14.3 Å². The summed E-state index contributed by atoms with van der Waals surface area (Å²) in [5.74, 6) is 0.503. The van der Waals surface area contributed by atoms with Crippen LogP contribution in [0.15, 0.2) is 66.1 Å². The van der Waals surface area contributed by atoms with Crippen molar-refractivity contribution >= 4 is 39.2 Å². The van der Waals surface area contributed by atoms with Gasteiger partial charge in [-0.05, 0) is 31.2 Å². The summed E-state index contributed by atoms with van der Waals surface area (Å²) in [6.07, 6.45) is 1.68. The van der Waals surface area contributed by atoms with Gasteiger partial charge in [-0.15, -0.1) is 21.5 Å². The second-order valence-corrected chi connectivity index (χ2v) is 9.73. The zero-order chi connectivity index (χ0) is 21.9. The fourth-order valence-electron chi connectivity index (χ4n) is 3.89. The highest BCUT2D eigenvalue weighted by atomic mass is 32.2. The topological polar surface area (TPSA) is 67.2 Å². The summed E-state index contributed by atoms with van der Waals surface area (Å²) in [7, 11) is 0. The first kappa shape index (κ1) is 21.1. The predicted octanol–water partition coefficient (Wildman–Crippen LogP) is 3.87. The lowest BCUT2D eigenvalue weighted by atomic mass is 10.2. The Morgan fingerprint density at radius 3 is 2.59 bits per heavy atom. The molecule has 4 aromatic rings. The summed E-state index contributed by atoms with van der Waals surface area (Å²) in [4.78, 5) is 22.0. The molecule has 32 heavy (non-hydrogen) atoms. The van der Waals surface area contributed by atoms with Crippen LogP contribution in [0.2, 0.25) is 0 Å². The third-order valence-electron chi connectivity index (χ3n) is 5.76. The van der Waals surface area contributed by atoms with E-state index in [1.165, 1.54) is 16.5 Å². The van der Waals surface area contributed by atoms with Crippen molar-refractivity contribution in [3.63, 3.8) is 0 Å². The quantitative estimate of drug-likeness (QED) is 0.404. The highest BCUT2D eigenvalue weighted by molar-refractivity contribution is 7.99. The molecule has 1 fully saturated rings. The zero-order valence-electron chi connectivity index (χ0n) is 17.8. The average molecular weight is 465 g/mol. The summed E-state index contributed by atoms with van der Waals surface area (Å²) in [6.45, 7) is 5.39. The summed E-state index contributed by atoms with van der Waals surface area (Å²) in [6, 6.07) is 18.5. The molecule has 0 N–H and O–H groups in total. The van der Waals surface area contributed by atoms with Crippen LogP contribution >= 0.6 is 23.1 Å². The fourth-order valence-corrected chi connectivity index (χ4v) is 5.78. The van der Waals surface area contributed by atoms with E-state index in [9.17, 15) is 4.79 Å². The van der Waals surface area contributed by atoms with Crippen molar-refractivity contribution in [1.29, 1.82) is 0 Å². The highest BCUT2D eigenvalue weighted by Gasteiger charge is 2.26. The number of piperazine rings is 1. The Bertz CT molecular complexity index is 1170. The molecule has 3 heterocycles. The van der Waals surface area contributed by atoms with E-state index in [1.807, 2.05) is 45.9 Å². The van der Waals surface area contributed by atoms with Crippen molar-refractivity contribution in [2.75, 3.05) is 31.9 Å². The van der Waals surface area contributed by atoms with Gasteiger partial charge in [0.15, 0.2) is 5.16 Å². The molecule has 0 aliphatic carbocycles. The third kappa shape index (κ3) is 4.41. The number of thiazole rings is 1. The molecule has 9 heteroatoms. The van der Waals surface area contributed by atoms with E-state index < -0.39 is 0 Å². The monoisotopic (exact) mass is 464 g/mol. The summed E-state index contributed by atoms with van der Waals surface area (Å²) in [5.41, 5.74) is 2.05. The first-order chi connectivity index (χ1) is 15.7. The van der Waals surface area contributed by atoms with Crippen LogP contribution in [-0.4, -0.2) is 67.4 Å². The molecular formula is C23H24N6OS2. The number of para-hydroxylation sites is 2. The Hall–Kier alpha value is -2.75. The minimum atomic E-state index is 0.143. The van der Waals surface area contributed by atoms with E-state index in [1.54, 1.807) is 17.7 Å². The number of carbonyl (C=O) groups excluding carboxylic acids is 1. The van der Waals surface area contributed by atoms with E-state index in [4.69, 9.17) is 4.98 Å². The molecule has 1 aliphatic heterocycles. The first-order valence-electron chi connectivity index (χ1n) is 10.6. The van der Waals surface area contributed by atoms with E-state index >= 15 is 0 Å². The predicted molar refractivity (Wildman–Crippen MR) is 128 cm³/mol. The van der Waals surface area contributed by atoms with Crippen LogP contribution in [0.4, 0.5) is 0 Å². The number of fused-ring (bicyclic) bond motifs is 1. The smallest absolute Gasteiger partial charge is 0.233 e. The number of aromatic nitrogens is 4. The van der Waals surface area contributed by atoms with Crippen molar-refractivity contribution in [2.45, 2.75) is 18.1 Å². The van der Waals surface area contributed by atoms with Crippen LogP contribution in [0.5, 0.6) is 0 Å². The molecule has 5 rings (SSSR count). The van der Waals surface area contributed by atoms with Gasteiger partial charge < -0.3 is 4.90 Å². The van der Waals surface area contributed by atoms with Crippen LogP contribution in [0.3, 0.4) is 0 Å². The van der Waals surface area contributed by atoms with Crippen LogP contribution in [-0.2, 0) is 4.79 Å². The largest absolute Gasteiger partial charge is 0.339 e. The van der Waals surface area contributed by atoms with E-state index in [0.29, 0.717) is 5.75 Å². The van der Waals surface area contributed by atoms with Crippen molar-refractivity contribution in [3.8, 4) is 5.69 Å². The Morgan fingerprint density at radius 1 is 1.06 bits per heavy atom. The van der Waals surface area contributed by atoms with Crippen molar-refractivity contribution in [3.05, 3.63) is 65.9 Å². The molecule has 0 saturated carbocycles. The molecule has 1 atom stereocenters. The second kappa shape index (κ2) is 9.40. The van der Waals surface area contributed by atoms with Crippen LogP contribution < -0.4 is 0 Å². The number of hydrogen-bond donors (Lipinski definition) is 0. The van der Waals surface area contributed by atoms with Gasteiger partial charge >= 0.3 is 0 Å². The molecule has 0 spiro atoms. The SMILES string of the molecule is C[C@H](c1nc2ccccc2s1)N1CCN(C(=O)CSc2nncn2-c2ccccc2)CC1. The van der Waals surface area contributed by atoms with Gasteiger partial charge in [-0.25, -0.2) is 4.98 Å². The van der Waals surface area contributed by atoms with Gasteiger partial charge in [0.2, 0.25) is 5.91 Å². The average Bonchev–Trinajstić information content (AvgIpc) is 3.50. The molecule has 7 nitrogen and oxygen atoms in total. The Balaban J connectivity index is 1.15. The second-order valence-electron chi connectivity index (χ2n) is 7.72. The molecule has 1 aliphatic rings. The number of rotatable bonds is 6. The lowest BCUT2D eigenvalue weighted by molar-refractivity contribution is -0.130. The molecule has 164 valence electrons. The number of amides is 1. The minimum Gasteiger partial charge on any atom is -0.339 e. The summed E-state index contributed by atoms with van der Waals surface area (Å²) >= 11 is 3.19. The van der Waals surface area contributed by atoms with Gasteiger partial charge in [-0.2, -0.15) is 0 Å². The maximum absolute atomic E-state index is 12.8. The molecule has 1 saturated heterocycles. The minimum absolute atomic E-state index is 0.143. The lowest BCUT2D eigenvalue weighted by Crippen LogP contribution is -2.49. The highest BCUT2D eigenvalue weighted by Crippen LogP contribution is 2.30. The van der Waals surface area contributed by atoms with Gasteiger partial charge in [-0.1, -0.05) is 42.1 Å². The van der Waals surface area contributed by atoms with Crippen LogP contribution in [0.25, 0.3) is 15.9 Å². The molecule has 2 aromatic carbocycles. The third-order valence-corrected chi connectivity index (χ3v) is 7.89. The van der Waals surface area contributed by atoms with E-state index in [0.717, 1.165) is 47.5 Å². The van der Waals surface area contributed by atoms with Crippen LogP contribution in [0, 0.1) is 0 Å². The number of nitrogens with zero attached hydrogens (tertiary/aromatic N) is 6. The number of thioether (sulfide) groups is 1. The number of benzene rings is 2. The number of carbonyl (C=O) groups is 1. The van der Waals surface area contributed by atoms with Gasteiger partial charge in [0.1, 0.15) is 11.3 Å². The van der Waals surface area contributed by atoms with Crippen molar-refractivity contribution in [2.24, 2.45) is 0 Å². The van der Waals surface area contributed by atoms with Crippen molar-refractivity contribution in [1.82, 2.24) is 29.5 Å². The molecule has 0 unspecified atom stereocenters.